The normalized spacial score (nSPS) is 10.3. The van der Waals surface area contributed by atoms with Crippen molar-refractivity contribution >= 4 is 62.2 Å². The lowest BCUT2D eigenvalue weighted by Crippen LogP contribution is -2.01. The standard InChI is InChI=1S/C13H9BrCl2N2O2/c14-7-2-4-10(12(16)11(7)15)18-9-3-1-6(13(19)20)5-8(9)17/h1-5,18H,17H2,(H,19,20). The Balaban J connectivity index is 2.36. The van der Waals surface area contributed by atoms with E-state index in [1.54, 1.807) is 18.2 Å². The Morgan fingerprint density at radius 1 is 1.15 bits per heavy atom. The van der Waals surface area contributed by atoms with Crippen molar-refractivity contribution in [3.05, 3.63) is 50.4 Å². The molecule has 0 saturated heterocycles. The maximum absolute atomic E-state index is 10.8. The highest BCUT2D eigenvalue weighted by molar-refractivity contribution is 9.10. The molecule has 0 aromatic heterocycles. The van der Waals surface area contributed by atoms with Crippen LogP contribution in [0.25, 0.3) is 0 Å². The van der Waals surface area contributed by atoms with Gasteiger partial charge in [-0.2, -0.15) is 0 Å². The number of carboxylic acids is 1. The Morgan fingerprint density at radius 3 is 2.40 bits per heavy atom. The number of nitrogen functional groups attached to an aromatic ring is 1. The summed E-state index contributed by atoms with van der Waals surface area (Å²) >= 11 is 15.4. The second kappa shape index (κ2) is 5.91. The van der Waals surface area contributed by atoms with Gasteiger partial charge in [-0.25, -0.2) is 4.79 Å². The maximum Gasteiger partial charge on any atom is 0.335 e. The summed E-state index contributed by atoms with van der Waals surface area (Å²) in [6.07, 6.45) is 0. The smallest absolute Gasteiger partial charge is 0.335 e. The van der Waals surface area contributed by atoms with Gasteiger partial charge in [-0.1, -0.05) is 23.2 Å². The van der Waals surface area contributed by atoms with Gasteiger partial charge in [0.2, 0.25) is 0 Å². The molecule has 2 rings (SSSR count). The minimum absolute atomic E-state index is 0.119. The van der Waals surface area contributed by atoms with Crippen molar-refractivity contribution < 1.29 is 9.90 Å². The molecule has 0 bridgehead atoms. The van der Waals surface area contributed by atoms with Crippen LogP contribution in [0.5, 0.6) is 0 Å². The van der Waals surface area contributed by atoms with E-state index in [4.69, 9.17) is 34.0 Å². The lowest BCUT2D eigenvalue weighted by atomic mass is 10.1. The van der Waals surface area contributed by atoms with Crippen LogP contribution in [-0.2, 0) is 0 Å². The van der Waals surface area contributed by atoms with Crippen molar-refractivity contribution in [3.8, 4) is 0 Å². The first-order valence-corrected chi connectivity index (χ1v) is 6.98. The molecule has 0 unspecified atom stereocenters. The molecule has 7 heteroatoms. The van der Waals surface area contributed by atoms with Crippen LogP contribution in [0, 0.1) is 0 Å². The summed E-state index contributed by atoms with van der Waals surface area (Å²) < 4.78 is 0.684. The molecule has 0 saturated carbocycles. The molecule has 0 amide bonds. The molecule has 0 atom stereocenters. The van der Waals surface area contributed by atoms with E-state index in [1.165, 1.54) is 12.1 Å². The van der Waals surface area contributed by atoms with Crippen molar-refractivity contribution in [1.82, 2.24) is 0 Å². The summed E-state index contributed by atoms with van der Waals surface area (Å²) in [6.45, 7) is 0. The van der Waals surface area contributed by atoms with Crippen molar-refractivity contribution in [3.63, 3.8) is 0 Å². The van der Waals surface area contributed by atoms with Crippen molar-refractivity contribution in [2.24, 2.45) is 0 Å². The maximum atomic E-state index is 10.8. The molecule has 0 radical (unpaired) electrons. The van der Waals surface area contributed by atoms with Gasteiger partial charge >= 0.3 is 5.97 Å². The van der Waals surface area contributed by atoms with E-state index < -0.39 is 5.97 Å². The van der Waals surface area contributed by atoms with E-state index in [0.717, 1.165) is 0 Å². The summed E-state index contributed by atoms with van der Waals surface area (Å²) in [5.41, 5.74) is 7.37. The summed E-state index contributed by atoms with van der Waals surface area (Å²) in [4.78, 5) is 10.8. The quantitative estimate of drug-likeness (QED) is 0.533. The molecule has 4 nitrogen and oxygen atoms in total. The molecule has 0 fully saturated rings. The van der Waals surface area contributed by atoms with E-state index in [2.05, 4.69) is 21.2 Å². The Labute approximate surface area is 133 Å². The average Bonchev–Trinajstić information content (AvgIpc) is 2.41. The number of hydrogen-bond acceptors (Lipinski definition) is 3. The number of benzene rings is 2. The van der Waals surface area contributed by atoms with Crippen LogP contribution in [0.15, 0.2) is 34.8 Å². The van der Waals surface area contributed by atoms with Gasteiger partial charge < -0.3 is 16.2 Å². The highest BCUT2D eigenvalue weighted by Gasteiger charge is 2.11. The fourth-order valence-electron chi connectivity index (χ4n) is 1.58. The first-order valence-electron chi connectivity index (χ1n) is 5.43. The number of carboxylic acid groups (broad SMARTS) is 1. The molecular weight excluding hydrogens is 367 g/mol. The van der Waals surface area contributed by atoms with E-state index in [9.17, 15) is 4.79 Å². The molecular formula is C13H9BrCl2N2O2. The largest absolute Gasteiger partial charge is 0.478 e. The zero-order valence-corrected chi connectivity index (χ0v) is 13.1. The lowest BCUT2D eigenvalue weighted by Gasteiger charge is -2.12. The number of anilines is 3. The number of hydrogen-bond donors (Lipinski definition) is 3. The van der Waals surface area contributed by atoms with Gasteiger partial charge in [0.1, 0.15) is 0 Å². The summed E-state index contributed by atoms with van der Waals surface area (Å²) in [5, 5.41) is 12.6. The monoisotopic (exact) mass is 374 g/mol. The molecule has 0 aliphatic rings. The van der Waals surface area contributed by atoms with Crippen LogP contribution in [0.4, 0.5) is 17.1 Å². The van der Waals surface area contributed by atoms with Crippen molar-refractivity contribution in [2.75, 3.05) is 11.1 Å². The molecule has 0 spiro atoms. The van der Waals surface area contributed by atoms with Crippen LogP contribution >= 0.6 is 39.1 Å². The first kappa shape index (κ1) is 15.0. The predicted octanol–water partition coefficient (Wildman–Crippen LogP) is 4.78. The van der Waals surface area contributed by atoms with E-state index in [-0.39, 0.29) is 5.56 Å². The SMILES string of the molecule is Nc1cc(C(=O)O)ccc1Nc1ccc(Br)c(Cl)c1Cl. The second-order valence-electron chi connectivity index (χ2n) is 3.96. The lowest BCUT2D eigenvalue weighted by molar-refractivity contribution is 0.0697. The number of carbonyl (C=O) groups is 1. The number of nitrogens with two attached hydrogens (primary N) is 1. The second-order valence-corrected chi connectivity index (χ2v) is 5.57. The van der Waals surface area contributed by atoms with Crippen LogP contribution in [0.3, 0.4) is 0 Å². The third kappa shape index (κ3) is 3.00. The molecule has 20 heavy (non-hydrogen) atoms. The third-order valence-corrected chi connectivity index (χ3v) is 4.37. The first-order chi connectivity index (χ1) is 9.40. The Kier molecular flexibility index (Phi) is 4.42. The van der Waals surface area contributed by atoms with Gasteiger partial charge in [-0.15, -0.1) is 0 Å². The van der Waals surface area contributed by atoms with E-state index >= 15 is 0 Å². The fourth-order valence-corrected chi connectivity index (χ4v) is 2.40. The van der Waals surface area contributed by atoms with Gasteiger partial charge in [-0.05, 0) is 46.3 Å². The van der Waals surface area contributed by atoms with Crippen LogP contribution in [0.1, 0.15) is 10.4 Å². The number of halogens is 3. The van der Waals surface area contributed by atoms with Crippen molar-refractivity contribution in [1.29, 1.82) is 0 Å². The van der Waals surface area contributed by atoms with Gasteiger partial charge in [0, 0.05) is 4.47 Å². The van der Waals surface area contributed by atoms with Gasteiger partial charge in [0.05, 0.1) is 32.7 Å². The highest BCUT2D eigenvalue weighted by atomic mass is 79.9. The van der Waals surface area contributed by atoms with Crippen LogP contribution < -0.4 is 11.1 Å². The molecule has 0 heterocycles. The summed E-state index contributed by atoms with van der Waals surface area (Å²) in [7, 11) is 0. The van der Waals surface area contributed by atoms with E-state index in [0.29, 0.717) is 31.6 Å². The minimum atomic E-state index is -1.03. The number of aromatic carboxylic acids is 1. The van der Waals surface area contributed by atoms with Gasteiger partial charge in [0.25, 0.3) is 0 Å². The van der Waals surface area contributed by atoms with Crippen LogP contribution in [0.2, 0.25) is 10.0 Å². The fraction of sp³-hybridized carbons (Fsp3) is 0. The Hall–Kier alpha value is -1.43. The molecule has 2 aromatic carbocycles. The molecule has 104 valence electrons. The Morgan fingerprint density at radius 2 is 1.80 bits per heavy atom. The topological polar surface area (TPSA) is 75.4 Å². The van der Waals surface area contributed by atoms with Crippen molar-refractivity contribution in [2.45, 2.75) is 0 Å². The third-order valence-electron chi connectivity index (χ3n) is 2.60. The zero-order chi connectivity index (χ0) is 14.9. The molecule has 2 aromatic rings. The minimum Gasteiger partial charge on any atom is -0.478 e. The molecule has 4 N–H and O–H groups in total. The van der Waals surface area contributed by atoms with Gasteiger partial charge in [0.15, 0.2) is 0 Å². The predicted molar refractivity (Wildman–Crippen MR) is 85.3 cm³/mol. The number of rotatable bonds is 3. The average molecular weight is 376 g/mol. The van der Waals surface area contributed by atoms with E-state index in [1.807, 2.05) is 0 Å². The number of nitrogens with one attached hydrogen (secondary N) is 1. The Bertz CT molecular complexity index is 692. The highest BCUT2D eigenvalue weighted by Crippen LogP contribution is 2.37. The molecule has 0 aliphatic carbocycles. The van der Waals surface area contributed by atoms with Gasteiger partial charge in [-0.3, -0.25) is 0 Å². The summed E-state index contributed by atoms with van der Waals surface area (Å²) in [6, 6.07) is 7.89. The zero-order valence-electron chi connectivity index (χ0n) is 9.95. The van der Waals surface area contributed by atoms with Crippen LogP contribution in [-0.4, -0.2) is 11.1 Å². The molecule has 0 aliphatic heterocycles. The summed E-state index contributed by atoms with van der Waals surface area (Å²) in [5.74, 6) is -1.03.